The fourth-order valence-corrected chi connectivity index (χ4v) is 3.03. The second-order valence-corrected chi connectivity index (χ2v) is 6.10. The second-order valence-electron chi connectivity index (χ2n) is 4.37. The standard InChI is InChI=1S/C13H20N2O4S/c1-10-5-6-11(13(16)19-2)9-12(10)20(17,18)15-8-4-3-7-14/h5-6,9,15H,3-4,7-8,14H2,1-2H3. The molecule has 3 N–H and O–H groups in total. The maximum absolute atomic E-state index is 12.2. The largest absolute Gasteiger partial charge is 0.465 e. The Bertz CT molecular complexity index is 570. The van der Waals surface area contributed by atoms with Gasteiger partial charge < -0.3 is 10.5 Å². The lowest BCUT2D eigenvalue weighted by Gasteiger charge is -2.10. The van der Waals surface area contributed by atoms with Gasteiger partial charge in [0.1, 0.15) is 0 Å². The van der Waals surface area contributed by atoms with E-state index in [1.54, 1.807) is 13.0 Å². The monoisotopic (exact) mass is 300 g/mol. The van der Waals surface area contributed by atoms with Gasteiger partial charge in [-0.3, -0.25) is 0 Å². The Hall–Kier alpha value is -1.44. The SMILES string of the molecule is COC(=O)c1ccc(C)c(S(=O)(=O)NCCCCN)c1. The molecule has 0 spiro atoms. The van der Waals surface area contributed by atoms with Crippen LogP contribution < -0.4 is 10.5 Å². The highest BCUT2D eigenvalue weighted by atomic mass is 32.2. The van der Waals surface area contributed by atoms with Crippen molar-refractivity contribution >= 4 is 16.0 Å². The molecule has 0 amide bonds. The molecule has 6 nitrogen and oxygen atoms in total. The molecular weight excluding hydrogens is 280 g/mol. The van der Waals surface area contributed by atoms with Gasteiger partial charge in [-0.05, 0) is 44.0 Å². The Morgan fingerprint density at radius 1 is 1.35 bits per heavy atom. The van der Waals surface area contributed by atoms with E-state index in [1.165, 1.54) is 19.2 Å². The smallest absolute Gasteiger partial charge is 0.337 e. The number of hydrogen-bond acceptors (Lipinski definition) is 5. The van der Waals surface area contributed by atoms with Crippen LogP contribution >= 0.6 is 0 Å². The van der Waals surface area contributed by atoms with Gasteiger partial charge in [-0.1, -0.05) is 6.07 Å². The Morgan fingerprint density at radius 2 is 2.05 bits per heavy atom. The summed E-state index contributed by atoms with van der Waals surface area (Å²) < 4.78 is 31.5. The van der Waals surface area contributed by atoms with Gasteiger partial charge >= 0.3 is 5.97 Å². The molecule has 0 aromatic heterocycles. The number of unbranched alkanes of at least 4 members (excludes halogenated alkanes) is 1. The van der Waals surface area contributed by atoms with E-state index in [0.717, 1.165) is 6.42 Å². The van der Waals surface area contributed by atoms with Gasteiger partial charge in [-0.25, -0.2) is 17.9 Å². The molecule has 20 heavy (non-hydrogen) atoms. The van der Waals surface area contributed by atoms with Crippen molar-refractivity contribution in [3.05, 3.63) is 29.3 Å². The van der Waals surface area contributed by atoms with Crippen LogP contribution in [0.1, 0.15) is 28.8 Å². The summed E-state index contributed by atoms with van der Waals surface area (Å²) in [7, 11) is -2.38. The van der Waals surface area contributed by atoms with Gasteiger partial charge in [0.25, 0.3) is 0 Å². The molecule has 0 heterocycles. The summed E-state index contributed by atoms with van der Waals surface area (Å²) in [6.45, 7) is 2.52. The number of benzene rings is 1. The van der Waals surface area contributed by atoms with Crippen molar-refractivity contribution in [2.45, 2.75) is 24.7 Å². The first-order valence-corrected chi connectivity index (χ1v) is 7.79. The molecule has 0 saturated carbocycles. The van der Waals surface area contributed by atoms with Crippen LogP contribution in [0.15, 0.2) is 23.1 Å². The summed E-state index contributed by atoms with van der Waals surface area (Å²) in [4.78, 5) is 11.5. The number of nitrogens with two attached hydrogens (primary N) is 1. The fraction of sp³-hybridized carbons (Fsp3) is 0.462. The van der Waals surface area contributed by atoms with Gasteiger partial charge in [0.15, 0.2) is 0 Å². The highest BCUT2D eigenvalue weighted by molar-refractivity contribution is 7.89. The van der Waals surface area contributed by atoms with Crippen LogP contribution in [-0.4, -0.2) is 34.6 Å². The van der Waals surface area contributed by atoms with Crippen molar-refractivity contribution in [3.8, 4) is 0 Å². The minimum absolute atomic E-state index is 0.0909. The summed E-state index contributed by atoms with van der Waals surface area (Å²) >= 11 is 0. The number of carbonyl (C=O) groups is 1. The normalized spacial score (nSPS) is 11.3. The van der Waals surface area contributed by atoms with E-state index in [1.807, 2.05) is 0 Å². The molecule has 112 valence electrons. The van der Waals surface area contributed by atoms with Crippen molar-refractivity contribution in [1.29, 1.82) is 0 Å². The number of sulfonamides is 1. The van der Waals surface area contributed by atoms with Gasteiger partial charge in [-0.2, -0.15) is 0 Å². The minimum Gasteiger partial charge on any atom is -0.465 e. The number of rotatable bonds is 7. The maximum atomic E-state index is 12.2. The quantitative estimate of drug-likeness (QED) is 0.573. The molecule has 0 unspecified atom stereocenters. The fourth-order valence-electron chi connectivity index (χ4n) is 1.69. The van der Waals surface area contributed by atoms with Crippen LogP contribution in [0.5, 0.6) is 0 Å². The summed E-state index contributed by atoms with van der Waals surface area (Å²) in [5.74, 6) is -0.565. The predicted molar refractivity (Wildman–Crippen MR) is 76.0 cm³/mol. The minimum atomic E-state index is -3.63. The van der Waals surface area contributed by atoms with Gasteiger partial charge in [0.2, 0.25) is 10.0 Å². The van der Waals surface area contributed by atoms with Crippen molar-refractivity contribution in [2.75, 3.05) is 20.2 Å². The zero-order valence-corrected chi connectivity index (χ0v) is 12.5. The summed E-state index contributed by atoms with van der Waals surface area (Å²) in [5.41, 5.74) is 6.14. The third-order valence-corrected chi connectivity index (χ3v) is 4.42. The van der Waals surface area contributed by atoms with Crippen LogP contribution in [-0.2, 0) is 14.8 Å². The molecule has 1 aromatic carbocycles. The van der Waals surface area contributed by atoms with Crippen LogP contribution in [0.3, 0.4) is 0 Å². The molecule has 0 aliphatic carbocycles. The van der Waals surface area contributed by atoms with Crippen molar-refractivity contribution in [1.82, 2.24) is 4.72 Å². The van der Waals surface area contributed by atoms with E-state index in [4.69, 9.17) is 5.73 Å². The predicted octanol–water partition coefficient (Wildman–Crippen LogP) is 0.799. The number of nitrogens with one attached hydrogen (secondary N) is 1. The molecular formula is C13H20N2O4S. The lowest BCUT2D eigenvalue weighted by Crippen LogP contribution is -2.26. The molecule has 1 aromatic rings. The Kier molecular flexibility index (Phi) is 6.12. The molecule has 0 radical (unpaired) electrons. The lowest BCUT2D eigenvalue weighted by atomic mass is 10.1. The first-order valence-electron chi connectivity index (χ1n) is 6.31. The molecule has 0 aliphatic rings. The van der Waals surface area contributed by atoms with Gasteiger partial charge in [0, 0.05) is 6.54 Å². The second kappa shape index (κ2) is 7.37. The summed E-state index contributed by atoms with van der Waals surface area (Å²) in [6.07, 6.45) is 1.43. The van der Waals surface area contributed by atoms with E-state index >= 15 is 0 Å². The van der Waals surface area contributed by atoms with Crippen LogP contribution in [0.2, 0.25) is 0 Å². The van der Waals surface area contributed by atoms with Gasteiger partial charge in [0.05, 0.1) is 17.6 Å². The van der Waals surface area contributed by atoms with E-state index < -0.39 is 16.0 Å². The van der Waals surface area contributed by atoms with Crippen molar-refractivity contribution in [3.63, 3.8) is 0 Å². The number of esters is 1. The van der Waals surface area contributed by atoms with E-state index in [2.05, 4.69) is 9.46 Å². The molecule has 1 rings (SSSR count). The average Bonchev–Trinajstić information content (AvgIpc) is 2.43. The number of methoxy groups -OCH3 is 1. The Morgan fingerprint density at radius 3 is 2.65 bits per heavy atom. The average molecular weight is 300 g/mol. The number of carbonyl (C=O) groups excluding carboxylic acids is 1. The highest BCUT2D eigenvalue weighted by Crippen LogP contribution is 2.17. The van der Waals surface area contributed by atoms with E-state index in [0.29, 0.717) is 25.1 Å². The molecule has 0 saturated heterocycles. The molecule has 0 aliphatic heterocycles. The third-order valence-electron chi connectivity index (χ3n) is 2.82. The topological polar surface area (TPSA) is 98.5 Å². The molecule has 0 atom stereocenters. The summed E-state index contributed by atoms with van der Waals surface area (Å²) in [5, 5.41) is 0. The van der Waals surface area contributed by atoms with Crippen LogP contribution in [0.25, 0.3) is 0 Å². The van der Waals surface area contributed by atoms with Crippen LogP contribution in [0, 0.1) is 6.92 Å². The lowest BCUT2D eigenvalue weighted by molar-refractivity contribution is 0.0600. The van der Waals surface area contributed by atoms with Crippen LogP contribution in [0.4, 0.5) is 0 Å². The third kappa shape index (κ3) is 4.29. The van der Waals surface area contributed by atoms with Crippen molar-refractivity contribution < 1.29 is 17.9 Å². The first-order chi connectivity index (χ1) is 9.42. The Balaban J connectivity index is 2.96. The zero-order chi connectivity index (χ0) is 15.2. The van der Waals surface area contributed by atoms with Crippen molar-refractivity contribution in [2.24, 2.45) is 5.73 Å². The van der Waals surface area contributed by atoms with E-state index in [9.17, 15) is 13.2 Å². The maximum Gasteiger partial charge on any atom is 0.337 e. The molecule has 0 bridgehead atoms. The zero-order valence-electron chi connectivity index (χ0n) is 11.7. The number of aryl methyl sites for hydroxylation is 1. The number of ether oxygens (including phenoxy) is 1. The van der Waals surface area contributed by atoms with E-state index in [-0.39, 0.29) is 10.5 Å². The highest BCUT2D eigenvalue weighted by Gasteiger charge is 2.18. The summed E-state index contributed by atoms with van der Waals surface area (Å²) in [6, 6.07) is 4.45. The molecule has 0 fully saturated rings. The van der Waals surface area contributed by atoms with Gasteiger partial charge in [-0.15, -0.1) is 0 Å². The molecule has 7 heteroatoms. The Labute approximate surface area is 119 Å². The first kappa shape index (κ1) is 16.6. The number of hydrogen-bond donors (Lipinski definition) is 2.